The standard InChI is InChI=1S/C22H20F2N2O/c23-16-10-11-19(18(24)14-16)25-22(27)17-8-4-12-26-13-5-9-20(26)21(17)15-6-2-1-3-7-15/h1-3,5-7,9-11,13-14,17,21H,4,8,12H2,(H,25,27)/t17-,21-/m1/s1. The van der Waals surface area contributed by atoms with E-state index < -0.39 is 11.6 Å². The number of hydrogen-bond acceptors (Lipinski definition) is 1. The summed E-state index contributed by atoms with van der Waals surface area (Å²) in [5.74, 6) is -2.14. The van der Waals surface area contributed by atoms with E-state index in [9.17, 15) is 13.6 Å². The molecule has 0 saturated carbocycles. The lowest BCUT2D eigenvalue weighted by atomic mass is 9.81. The number of nitrogens with zero attached hydrogens (tertiary/aromatic N) is 1. The molecule has 0 bridgehead atoms. The summed E-state index contributed by atoms with van der Waals surface area (Å²) in [5.41, 5.74) is 2.14. The van der Waals surface area contributed by atoms with Gasteiger partial charge in [0.2, 0.25) is 5.91 Å². The van der Waals surface area contributed by atoms with Crippen molar-refractivity contribution >= 4 is 11.6 Å². The first kappa shape index (κ1) is 17.5. The zero-order valence-corrected chi connectivity index (χ0v) is 14.7. The van der Waals surface area contributed by atoms with Crippen molar-refractivity contribution in [3.63, 3.8) is 0 Å². The van der Waals surface area contributed by atoms with Gasteiger partial charge < -0.3 is 9.88 Å². The highest BCUT2D eigenvalue weighted by Crippen LogP contribution is 2.38. The Morgan fingerprint density at radius 2 is 1.85 bits per heavy atom. The summed E-state index contributed by atoms with van der Waals surface area (Å²) < 4.78 is 29.3. The third-order valence-corrected chi connectivity index (χ3v) is 5.18. The van der Waals surface area contributed by atoms with E-state index in [1.165, 1.54) is 6.07 Å². The fourth-order valence-corrected chi connectivity index (χ4v) is 3.93. The summed E-state index contributed by atoms with van der Waals surface area (Å²) >= 11 is 0. The van der Waals surface area contributed by atoms with Crippen LogP contribution in [0.1, 0.15) is 30.0 Å². The molecule has 0 unspecified atom stereocenters. The Morgan fingerprint density at radius 3 is 2.63 bits per heavy atom. The van der Waals surface area contributed by atoms with Crippen molar-refractivity contribution in [3.05, 3.63) is 89.8 Å². The summed E-state index contributed by atoms with van der Waals surface area (Å²) in [6.45, 7) is 0.848. The topological polar surface area (TPSA) is 34.0 Å². The third kappa shape index (κ3) is 3.50. The number of carbonyl (C=O) groups is 1. The van der Waals surface area contributed by atoms with E-state index in [0.717, 1.165) is 36.4 Å². The second kappa shape index (κ2) is 7.35. The molecule has 0 saturated heterocycles. The van der Waals surface area contributed by atoms with E-state index in [2.05, 4.69) is 9.88 Å². The van der Waals surface area contributed by atoms with Crippen LogP contribution in [-0.2, 0) is 11.3 Å². The molecule has 2 atom stereocenters. The summed E-state index contributed by atoms with van der Waals surface area (Å²) in [5, 5.41) is 2.67. The van der Waals surface area contributed by atoms with Crippen molar-refractivity contribution in [1.82, 2.24) is 4.57 Å². The Morgan fingerprint density at radius 1 is 1.04 bits per heavy atom. The molecule has 0 fully saturated rings. The van der Waals surface area contributed by atoms with Gasteiger partial charge in [-0.05, 0) is 42.7 Å². The molecular formula is C22H20F2N2O. The van der Waals surface area contributed by atoms with Crippen LogP contribution in [0.25, 0.3) is 0 Å². The van der Waals surface area contributed by atoms with Crippen molar-refractivity contribution in [2.75, 3.05) is 5.32 Å². The molecule has 1 aromatic heterocycles. The first-order valence-electron chi connectivity index (χ1n) is 9.09. The molecule has 138 valence electrons. The minimum atomic E-state index is -0.767. The number of carbonyl (C=O) groups excluding carboxylic acids is 1. The van der Waals surface area contributed by atoms with E-state index in [-0.39, 0.29) is 23.4 Å². The average Bonchev–Trinajstić information content (AvgIpc) is 3.04. The molecule has 2 aromatic carbocycles. The number of hydrogen-bond donors (Lipinski definition) is 1. The van der Waals surface area contributed by atoms with Crippen molar-refractivity contribution in [2.45, 2.75) is 25.3 Å². The Balaban J connectivity index is 1.69. The predicted octanol–water partition coefficient (Wildman–Crippen LogP) is 4.95. The van der Waals surface area contributed by atoms with Gasteiger partial charge in [0, 0.05) is 30.4 Å². The number of aryl methyl sites for hydroxylation is 1. The van der Waals surface area contributed by atoms with Gasteiger partial charge in [0.25, 0.3) is 0 Å². The van der Waals surface area contributed by atoms with Gasteiger partial charge in [-0.2, -0.15) is 0 Å². The summed E-state index contributed by atoms with van der Waals surface area (Å²) in [6.07, 6.45) is 3.58. The van der Waals surface area contributed by atoms with Gasteiger partial charge in [0.1, 0.15) is 11.6 Å². The van der Waals surface area contributed by atoms with Crippen LogP contribution >= 0.6 is 0 Å². The van der Waals surface area contributed by atoms with E-state index >= 15 is 0 Å². The van der Waals surface area contributed by atoms with Crippen LogP contribution in [0.4, 0.5) is 14.5 Å². The molecule has 0 spiro atoms. The van der Waals surface area contributed by atoms with Crippen molar-refractivity contribution in [1.29, 1.82) is 0 Å². The van der Waals surface area contributed by atoms with Crippen molar-refractivity contribution < 1.29 is 13.6 Å². The van der Waals surface area contributed by atoms with E-state index in [4.69, 9.17) is 0 Å². The van der Waals surface area contributed by atoms with Gasteiger partial charge in [0.15, 0.2) is 0 Å². The normalized spacial score (nSPS) is 19.2. The zero-order chi connectivity index (χ0) is 18.8. The molecule has 4 rings (SSSR count). The lowest BCUT2D eigenvalue weighted by Crippen LogP contribution is -2.29. The summed E-state index contributed by atoms with van der Waals surface area (Å²) in [6, 6.07) is 17.1. The minimum absolute atomic E-state index is 0.00726. The molecule has 5 heteroatoms. The quantitative estimate of drug-likeness (QED) is 0.699. The molecule has 3 nitrogen and oxygen atoms in total. The first-order valence-corrected chi connectivity index (χ1v) is 9.09. The minimum Gasteiger partial charge on any atom is -0.351 e. The molecule has 1 aliphatic rings. The monoisotopic (exact) mass is 366 g/mol. The van der Waals surface area contributed by atoms with Crippen LogP contribution in [0.2, 0.25) is 0 Å². The van der Waals surface area contributed by atoms with Gasteiger partial charge in [-0.25, -0.2) is 8.78 Å². The highest BCUT2D eigenvalue weighted by atomic mass is 19.1. The lowest BCUT2D eigenvalue weighted by molar-refractivity contribution is -0.120. The Bertz CT molecular complexity index is 952. The number of rotatable bonds is 3. The third-order valence-electron chi connectivity index (χ3n) is 5.18. The maximum atomic E-state index is 14.0. The Kier molecular flexibility index (Phi) is 4.75. The number of aromatic nitrogens is 1. The number of anilines is 1. The molecule has 2 heterocycles. The average molecular weight is 366 g/mol. The first-order chi connectivity index (χ1) is 13.1. The molecule has 27 heavy (non-hydrogen) atoms. The largest absolute Gasteiger partial charge is 0.351 e. The SMILES string of the molecule is O=C(Nc1ccc(F)cc1F)[C@@H]1CCCn2cccc2[C@@H]1c1ccccc1. The molecule has 1 amide bonds. The fraction of sp³-hybridized carbons (Fsp3) is 0.227. The Labute approximate surface area is 156 Å². The van der Waals surface area contributed by atoms with E-state index in [1.807, 2.05) is 48.7 Å². The lowest BCUT2D eigenvalue weighted by Gasteiger charge is -2.25. The van der Waals surface area contributed by atoms with Gasteiger partial charge >= 0.3 is 0 Å². The molecule has 1 N–H and O–H groups in total. The summed E-state index contributed by atoms with van der Waals surface area (Å²) in [4.78, 5) is 13.1. The molecule has 0 aliphatic carbocycles. The van der Waals surface area contributed by atoms with E-state index in [0.29, 0.717) is 6.42 Å². The molecular weight excluding hydrogens is 346 g/mol. The maximum absolute atomic E-state index is 14.0. The number of benzene rings is 2. The second-order valence-electron chi connectivity index (χ2n) is 6.88. The number of amides is 1. The smallest absolute Gasteiger partial charge is 0.228 e. The second-order valence-corrected chi connectivity index (χ2v) is 6.88. The van der Waals surface area contributed by atoms with Crippen LogP contribution < -0.4 is 5.32 Å². The van der Waals surface area contributed by atoms with Crippen LogP contribution in [0, 0.1) is 17.6 Å². The van der Waals surface area contributed by atoms with Gasteiger partial charge in [0.05, 0.1) is 11.6 Å². The van der Waals surface area contributed by atoms with Gasteiger partial charge in [-0.3, -0.25) is 4.79 Å². The maximum Gasteiger partial charge on any atom is 0.228 e. The van der Waals surface area contributed by atoms with Crippen LogP contribution in [0.3, 0.4) is 0 Å². The zero-order valence-electron chi connectivity index (χ0n) is 14.7. The summed E-state index contributed by atoms with van der Waals surface area (Å²) in [7, 11) is 0. The van der Waals surface area contributed by atoms with Crippen molar-refractivity contribution in [3.8, 4) is 0 Å². The number of nitrogens with one attached hydrogen (secondary N) is 1. The number of halogens is 2. The van der Waals surface area contributed by atoms with Crippen LogP contribution in [-0.4, -0.2) is 10.5 Å². The van der Waals surface area contributed by atoms with Gasteiger partial charge in [-0.15, -0.1) is 0 Å². The highest BCUT2D eigenvalue weighted by molar-refractivity contribution is 5.93. The fourth-order valence-electron chi connectivity index (χ4n) is 3.93. The molecule has 3 aromatic rings. The van der Waals surface area contributed by atoms with Crippen LogP contribution in [0.5, 0.6) is 0 Å². The van der Waals surface area contributed by atoms with E-state index in [1.54, 1.807) is 0 Å². The van der Waals surface area contributed by atoms with Gasteiger partial charge in [-0.1, -0.05) is 30.3 Å². The Hall–Kier alpha value is -2.95. The molecule has 1 aliphatic heterocycles. The predicted molar refractivity (Wildman–Crippen MR) is 100 cm³/mol. The van der Waals surface area contributed by atoms with Crippen molar-refractivity contribution in [2.24, 2.45) is 5.92 Å². The number of fused-ring (bicyclic) bond motifs is 1. The molecule has 0 radical (unpaired) electrons. The van der Waals surface area contributed by atoms with Crippen LogP contribution in [0.15, 0.2) is 66.9 Å². The highest BCUT2D eigenvalue weighted by Gasteiger charge is 2.34.